The van der Waals surface area contributed by atoms with E-state index >= 15 is 0 Å². The van der Waals surface area contributed by atoms with Gasteiger partial charge in [0.05, 0.1) is 68.9 Å². The van der Waals surface area contributed by atoms with Crippen molar-refractivity contribution in [2.24, 2.45) is 34.7 Å². The number of benzene rings is 1. The number of cyclic esters (lactones) is 1. The van der Waals surface area contributed by atoms with Crippen molar-refractivity contribution in [1.29, 1.82) is 0 Å². The van der Waals surface area contributed by atoms with Gasteiger partial charge in [0, 0.05) is 38.6 Å². The number of carbonyl (C=O) groups excluding carboxylic acids is 2. The van der Waals surface area contributed by atoms with Crippen molar-refractivity contribution in [1.82, 2.24) is 4.90 Å². The van der Waals surface area contributed by atoms with Crippen molar-refractivity contribution in [3.05, 3.63) is 59.7 Å². The normalized spacial score (nSPS) is 39.2. The van der Waals surface area contributed by atoms with E-state index in [1.165, 1.54) is 5.56 Å². The van der Waals surface area contributed by atoms with E-state index in [0.29, 0.717) is 44.6 Å². The molecule has 3 heterocycles. The second-order valence-corrected chi connectivity index (χ2v) is 19.7. The summed E-state index contributed by atoms with van der Waals surface area (Å²) in [5.41, 5.74) is 2.51. The summed E-state index contributed by atoms with van der Waals surface area (Å²) in [7, 11) is 6.69. The monoisotopic (exact) mass is 959 g/mol. The number of nitrogens with zero attached hydrogens (tertiary/aromatic N) is 2. The lowest BCUT2D eigenvalue weighted by Crippen LogP contribution is -2.63. The molecule has 0 spiro atoms. The molecule has 17 atom stereocenters. The lowest BCUT2D eigenvalue weighted by Gasteiger charge is -2.47. The highest BCUT2D eigenvalue weighted by atomic mass is 16.7. The lowest BCUT2D eigenvalue weighted by atomic mass is 9.79. The summed E-state index contributed by atoms with van der Waals surface area (Å²) in [5.74, 6) is -2.44. The SMILES string of the molecule is CC[C@H]1OC(=O)C[C@H]2OC/C(=N/OCCCc3ccccc3)COCCC(C[C@@H](C)C(=O)/C=C/C(C)=C/[C@@H]1CO[C@@H]1C[C@H](C)[C@@H](O)[C@@H](OC)[C@H]1OC)[C@H](O[C@@H]1O[C@H](C)[C@@H](O)[C@H](N(C)C)[C@H]1O)[C@H]2C. The van der Waals surface area contributed by atoms with Crippen molar-refractivity contribution in [3.63, 3.8) is 0 Å². The van der Waals surface area contributed by atoms with Gasteiger partial charge in [0.2, 0.25) is 0 Å². The number of ketones is 1. The number of ether oxygens (including phenoxy) is 8. The highest BCUT2D eigenvalue weighted by molar-refractivity contribution is 5.91. The maximum absolute atomic E-state index is 14.5. The quantitative estimate of drug-likeness (QED) is 0.127. The molecule has 3 N–H and O–H groups in total. The van der Waals surface area contributed by atoms with Gasteiger partial charge in [0.1, 0.15) is 36.7 Å². The predicted molar refractivity (Wildman–Crippen MR) is 256 cm³/mol. The molecule has 1 saturated carbocycles. The Labute approximate surface area is 404 Å². The van der Waals surface area contributed by atoms with Crippen molar-refractivity contribution in [2.75, 3.05) is 61.3 Å². The summed E-state index contributed by atoms with van der Waals surface area (Å²) in [6, 6.07) is 9.47. The molecule has 16 nitrogen and oxygen atoms in total. The van der Waals surface area contributed by atoms with E-state index in [-0.39, 0.29) is 43.9 Å². The predicted octanol–water partition coefficient (Wildman–Crippen LogP) is 5.09. The Morgan fingerprint density at radius 3 is 2.32 bits per heavy atom. The number of likely N-dealkylation sites (N-methyl/N-ethyl adjacent to an activating group) is 1. The van der Waals surface area contributed by atoms with Gasteiger partial charge in [0.25, 0.3) is 0 Å². The summed E-state index contributed by atoms with van der Waals surface area (Å²) >= 11 is 0. The third-order valence-electron chi connectivity index (χ3n) is 14.3. The van der Waals surface area contributed by atoms with Gasteiger partial charge in [-0.2, -0.15) is 0 Å². The van der Waals surface area contributed by atoms with Crippen LogP contribution in [0.5, 0.6) is 0 Å². The molecule has 2 saturated heterocycles. The fraction of sp³-hybridized carbons (Fsp3) is 0.750. The van der Waals surface area contributed by atoms with Crippen LogP contribution in [-0.4, -0.2) is 172 Å². The first-order valence-corrected chi connectivity index (χ1v) is 24.8. The van der Waals surface area contributed by atoms with E-state index < -0.39 is 97.1 Å². The van der Waals surface area contributed by atoms with Crippen molar-refractivity contribution < 1.29 is 67.6 Å². The molecule has 4 aliphatic rings. The molecule has 1 aromatic rings. The van der Waals surface area contributed by atoms with E-state index in [0.717, 1.165) is 18.4 Å². The van der Waals surface area contributed by atoms with Gasteiger partial charge in [-0.1, -0.05) is 80.9 Å². The fourth-order valence-electron chi connectivity index (χ4n) is 10.2. The number of carbonyl (C=O) groups is 2. The molecular weight excluding hydrogens is 877 g/mol. The molecule has 3 aliphatic heterocycles. The summed E-state index contributed by atoms with van der Waals surface area (Å²) < 4.78 is 50.6. The average Bonchev–Trinajstić information content (AvgIpc) is 3.33. The maximum Gasteiger partial charge on any atom is 0.308 e. The number of rotatable bonds is 14. The van der Waals surface area contributed by atoms with E-state index in [2.05, 4.69) is 17.3 Å². The van der Waals surface area contributed by atoms with Crippen LogP contribution in [0.2, 0.25) is 0 Å². The summed E-state index contributed by atoms with van der Waals surface area (Å²) in [6.07, 6.45) is 0.161. The smallest absolute Gasteiger partial charge is 0.308 e. The summed E-state index contributed by atoms with van der Waals surface area (Å²) in [5, 5.41) is 38.2. The minimum atomic E-state index is -1.24. The Balaban J connectivity index is 1.48. The molecule has 1 aromatic carbocycles. The number of esters is 1. The Morgan fingerprint density at radius 2 is 1.63 bits per heavy atom. The third kappa shape index (κ3) is 15.4. The van der Waals surface area contributed by atoms with Gasteiger partial charge in [-0.15, -0.1) is 0 Å². The third-order valence-corrected chi connectivity index (χ3v) is 14.3. The largest absolute Gasteiger partial charge is 0.462 e. The zero-order valence-corrected chi connectivity index (χ0v) is 42.1. The number of methoxy groups -OCH3 is 2. The standard InChI is InChI=1S/C52H82N2O14/c1-11-41-38(28-63-43-26-33(4)46(57)51(61-10)50(43)60-9)24-31(2)19-20-40(55)32(3)25-37-21-23-62-29-39(53-65-22-15-18-36-16-13-12-14-17-36)30-64-42(27-44(56)67-41)34(5)49(37)68-52-48(59)45(54(7)8)47(58)35(6)66-52/h12-14,16-17,19-20,24,32-35,37-38,41-43,45-52,57-59H,11,15,18,21-23,25-30H2,1-10H3/b20-19+,31-24+,53-39+/t32-,33+,34+,35-,37?,38-,41-,42-,43-,45+,46-,47-,48-,49-,50+,51-,52+/m1/s1. The van der Waals surface area contributed by atoms with Crippen molar-refractivity contribution in [3.8, 4) is 0 Å². The molecular formula is C52H82N2O14. The Kier molecular flexibility index (Phi) is 22.5. The molecule has 384 valence electrons. The van der Waals surface area contributed by atoms with Crippen LogP contribution in [0.1, 0.15) is 85.6 Å². The highest BCUT2D eigenvalue weighted by Gasteiger charge is 2.48. The Bertz CT molecular complexity index is 1780. The number of hydrogen-bond donors (Lipinski definition) is 3. The number of allylic oxidation sites excluding steroid dienone is 3. The second-order valence-electron chi connectivity index (χ2n) is 19.7. The first kappa shape index (κ1) is 55.8. The van der Waals surface area contributed by atoms with Crippen LogP contribution in [-0.2, 0) is 58.7 Å². The topological polar surface area (TPSA) is 194 Å². The van der Waals surface area contributed by atoms with Crippen LogP contribution in [0, 0.1) is 29.6 Å². The minimum absolute atomic E-state index is 0.0141. The number of aryl methyl sites for hydroxylation is 1. The highest BCUT2D eigenvalue weighted by Crippen LogP contribution is 2.36. The first-order chi connectivity index (χ1) is 32.6. The fourth-order valence-corrected chi connectivity index (χ4v) is 10.2. The number of aliphatic hydroxyl groups excluding tert-OH is 3. The van der Waals surface area contributed by atoms with Gasteiger partial charge in [-0.3, -0.25) is 9.59 Å². The number of aliphatic hydroxyl groups is 3. The van der Waals surface area contributed by atoms with Gasteiger partial charge >= 0.3 is 5.97 Å². The second kappa shape index (κ2) is 27.5. The van der Waals surface area contributed by atoms with Crippen LogP contribution in [0.3, 0.4) is 0 Å². The van der Waals surface area contributed by atoms with Crippen LogP contribution >= 0.6 is 0 Å². The van der Waals surface area contributed by atoms with Crippen LogP contribution < -0.4 is 0 Å². The van der Waals surface area contributed by atoms with Crippen LogP contribution in [0.25, 0.3) is 0 Å². The van der Waals surface area contributed by atoms with Gasteiger partial charge in [0.15, 0.2) is 12.1 Å². The number of oxime groups is 1. The molecule has 3 fully saturated rings. The number of hydrogen-bond acceptors (Lipinski definition) is 16. The van der Waals surface area contributed by atoms with Gasteiger partial charge in [-0.05, 0) is 89.9 Å². The zero-order chi connectivity index (χ0) is 49.5. The maximum atomic E-state index is 14.5. The minimum Gasteiger partial charge on any atom is -0.462 e. The molecule has 0 amide bonds. The number of fused-ring (bicyclic) bond motifs is 3. The molecule has 0 radical (unpaired) electrons. The zero-order valence-electron chi connectivity index (χ0n) is 42.1. The molecule has 2 bridgehead atoms. The summed E-state index contributed by atoms with van der Waals surface area (Å²) in [6.45, 7) is 12.3. The first-order valence-electron chi connectivity index (χ1n) is 24.8. The van der Waals surface area contributed by atoms with Crippen molar-refractivity contribution in [2.45, 2.75) is 160 Å². The molecule has 5 rings (SSSR count). The molecule has 1 aliphatic carbocycles. The van der Waals surface area contributed by atoms with E-state index in [1.54, 1.807) is 52.3 Å². The van der Waals surface area contributed by atoms with Gasteiger partial charge in [-0.25, -0.2) is 0 Å². The Hall–Kier alpha value is -3.13. The van der Waals surface area contributed by atoms with E-state index in [4.69, 9.17) is 42.7 Å². The van der Waals surface area contributed by atoms with Crippen LogP contribution in [0.4, 0.5) is 0 Å². The van der Waals surface area contributed by atoms with Crippen LogP contribution in [0.15, 0.2) is 59.3 Å². The average molecular weight is 959 g/mol. The molecule has 1 unspecified atom stereocenters. The summed E-state index contributed by atoms with van der Waals surface area (Å²) in [4.78, 5) is 36.1. The Morgan fingerprint density at radius 1 is 0.897 bits per heavy atom. The van der Waals surface area contributed by atoms with E-state index in [1.807, 2.05) is 58.9 Å². The molecule has 0 aromatic heterocycles. The lowest BCUT2D eigenvalue weighted by molar-refractivity contribution is -0.305. The van der Waals surface area contributed by atoms with E-state index in [9.17, 15) is 24.9 Å². The molecule has 16 heteroatoms. The van der Waals surface area contributed by atoms with Crippen molar-refractivity contribution >= 4 is 17.5 Å². The van der Waals surface area contributed by atoms with Gasteiger partial charge < -0.3 is 63.0 Å². The molecule has 68 heavy (non-hydrogen) atoms.